The van der Waals surface area contributed by atoms with Gasteiger partial charge < -0.3 is 61.6 Å². The molecule has 6 aliphatic rings. The molecule has 0 saturated carbocycles. The Morgan fingerprint density at radius 3 is 1.39 bits per heavy atom. The molecule has 0 aliphatic carbocycles. The van der Waals surface area contributed by atoms with Crippen molar-refractivity contribution in [2.75, 3.05) is 63.2 Å². The number of halogens is 2. The Bertz CT molecular complexity index is 5300. The van der Waals surface area contributed by atoms with Crippen LogP contribution in [0.15, 0.2) is 146 Å². The fourth-order valence-electron chi connectivity index (χ4n) is 16.6. The van der Waals surface area contributed by atoms with Crippen molar-refractivity contribution < 1.29 is 51.8 Å². The lowest BCUT2D eigenvalue weighted by atomic mass is 10.00. The van der Waals surface area contributed by atoms with E-state index in [1.165, 1.54) is 36.2 Å². The van der Waals surface area contributed by atoms with Crippen LogP contribution in [0.2, 0.25) is 0 Å². The van der Waals surface area contributed by atoms with Gasteiger partial charge in [-0.1, -0.05) is 62.4 Å². The van der Waals surface area contributed by atoms with E-state index in [2.05, 4.69) is 76.7 Å². The molecule has 6 aromatic carbocycles. The van der Waals surface area contributed by atoms with E-state index in [0.717, 1.165) is 138 Å². The summed E-state index contributed by atoms with van der Waals surface area (Å²) in [6, 6.07) is 40.2. The van der Waals surface area contributed by atoms with Crippen LogP contribution in [-0.2, 0) is 72.9 Å². The van der Waals surface area contributed by atoms with Crippen LogP contribution >= 0.6 is 0 Å². The molecule has 27 heteroatoms. The molecule has 6 fully saturated rings. The zero-order valence-corrected chi connectivity index (χ0v) is 68.2. The molecule has 0 spiro atoms. The number of aryl methyl sites for hydroxylation is 4. The first-order valence-corrected chi connectivity index (χ1v) is 41.4. The normalized spacial score (nSPS) is 17.8. The number of aromatic nitrogens is 6. The van der Waals surface area contributed by atoms with E-state index < -0.39 is 11.7 Å². The number of fused-ring (bicyclic) bond motifs is 6. The summed E-state index contributed by atoms with van der Waals surface area (Å²) in [5.41, 5.74) is 14.0. The maximum absolute atomic E-state index is 14.9. The predicted octanol–water partition coefficient (Wildman–Crippen LogP) is 12.9. The molecule has 25 nitrogen and oxygen atoms in total. The van der Waals surface area contributed by atoms with Crippen molar-refractivity contribution >= 4 is 69.4 Å². The third-order valence-electron chi connectivity index (χ3n) is 22.7. The second-order valence-electron chi connectivity index (χ2n) is 32.1. The SMILES string of the molecule is CC(C)(C)OC(=O)N1C[C@H]2C[C@@H]1CN2.CCc1nc2c(cnn2CC)c(NC2CCOCC2)c1CNC(=O)c1cccc(C(=O)NCc2cc(F)cc(-c3cccc(C=O)c3)c2)c1.CCc1nc2c(cnn2CC)c(NC2CCOCC2)c1CNC(=O)c1cccc(C(=O)NCc2cc(F)cc(-c3cccc(CN4C[C@@H]5C[C@H]4CN5)c3)c2)c1. The van der Waals surface area contributed by atoms with Gasteiger partial charge >= 0.3 is 6.09 Å². The third-order valence-corrected chi connectivity index (χ3v) is 22.7. The van der Waals surface area contributed by atoms with E-state index in [1.54, 1.807) is 78.9 Å². The van der Waals surface area contributed by atoms with Crippen LogP contribution in [0.3, 0.4) is 0 Å². The largest absolute Gasteiger partial charge is 0.444 e. The summed E-state index contributed by atoms with van der Waals surface area (Å²) in [4.78, 5) is 90.8. The van der Waals surface area contributed by atoms with Crippen LogP contribution in [0.1, 0.15) is 178 Å². The molecular formula is C91H106F2N16O9. The number of amides is 5. The Morgan fingerprint density at radius 2 is 0.966 bits per heavy atom. The number of benzene rings is 6. The Morgan fingerprint density at radius 1 is 0.525 bits per heavy atom. The molecule has 6 aliphatic heterocycles. The number of aldehydes is 1. The van der Waals surface area contributed by atoms with Gasteiger partial charge in [0.15, 0.2) is 11.3 Å². The number of hydrogen-bond donors (Lipinski definition) is 8. The molecule has 16 rings (SSSR count). The van der Waals surface area contributed by atoms with Crippen LogP contribution in [0.25, 0.3) is 44.3 Å². The van der Waals surface area contributed by atoms with Crippen LogP contribution in [-0.4, -0.2) is 170 Å². The zero-order valence-electron chi connectivity index (χ0n) is 68.2. The monoisotopic (exact) mass is 1600 g/mol. The highest BCUT2D eigenvalue weighted by atomic mass is 19.1. The van der Waals surface area contributed by atoms with E-state index in [9.17, 15) is 37.5 Å². The number of anilines is 2. The van der Waals surface area contributed by atoms with Gasteiger partial charge in [-0.25, -0.2) is 32.9 Å². The second-order valence-corrected chi connectivity index (χ2v) is 32.1. The summed E-state index contributed by atoms with van der Waals surface area (Å²) < 4.78 is 49.7. The van der Waals surface area contributed by atoms with Crippen molar-refractivity contribution in [3.63, 3.8) is 0 Å². The van der Waals surface area contributed by atoms with Crippen LogP contribution in [0.4, 0.5) is 25.0 Å². The summed E-state index contributed by atoms with van der Waals surface area (Å²) in [6.45, 7) is 23.5. The Labute approximate surface area is 686 Å². The molecule has 0 unspecified atom stereocenters. The molecule has 618 valence electrons. The highest BCUT2D eigenvalue weighted by Crippen LogP contribution is 2.36. The lowest BCUT2D eigenvalue weighted by Crippen LogP contribution is -2.48. The first kappa shape index (κ1) is 83.1. The van der Waals surface area contributed by atoms with Crippen molar-refractivity contribution in [2.24, 2.45) is 0 Å². The highest BCUT2D eigenvalue weighted by Gasteiger charge is 2.42. The summed E-state index contributed by atoms with van der Waals surface area (Å²) >= 11 is 0. The van der Waals surface area contributed by atoms with Gasteiger partial charge in [0.05, 0.1) is 34.5 Å². The van der Waals surface area contributed by atoms with Gasteiger partial charge in [-0.3, -0.25) is 28.9 Å². The topological polar surface area (TPSA) is 294 Å². The molecule has 10 aromatic rings. The standard InChI is InChI=1S/C43H49FN8O3.C38H39FN6O4.C10H18N2O2/c1-3-39-37(40(49-34-11-13-55-14-12-34)38-24-48-52(4-2)41(38)50-39)23-47-43(54)31-10-6-9-30(18-31)42(53)46-21-28-16-32(19-33(44)17-28)29-8-5-7-27(15-29)25-51-26-35-20-36(51)22-45-35;1-3-34-32(35(43-31-11-13-49-14-12-31)33-22-42-45(4-2)36(33)44-34)21-41-38(48)28-10-6-9-27(18-28)37(47)40-20-25-16-29(19-30(39)17-25)26-8-5-7-24(15-26)23-46;1-10(2,3)14-9(13)12-6-7-4-8(12)5-11-7/h5-10,15-19,24,34-36,45H,3-4,11-14,20-23,25-26H2,1-2H3,(H,46,53)(H,47,54)(H,49,50);5-10,15-19,22-23,31H,3-4,11-14,20-21H2,1-2H3,(H,40,47)(H,41,48)(H,43,44);7-8,11H,4-6H2,1-3H3/t35-,36-;;7-,8-/m0.1/s1. The van der Waals surface area contributed by atoms with E-state index in [1.807, 2.05) is 86.4 Å². The minimum absolute atomic E-state index is 0.0696. The number of carbonyl (C=O) groups excluding carboxylic acids is 6. The van der Waals surface area contributed by atoms with Gasteiger partial charge in [0.25, 0.3) is 23.6 Å². The lowest BCUT2D eigenvalue weighted by Gasteiger charge is -2.30. The van der Waals surface area contributed by atoms with E-state index in [0.29, 0.717) is 127 Å². The smallest absolute Gasteiger partial charge is 0.410 e. The number of nitrogens with one attached hydrogen (secondary N) is 8. The third kappa shape index (κ3) is 20.2. The first-order valence-electron chi connectivity index (χ1n) is 41.4. The minimum Gasteiger partial charge on any atom is -0.444 e. The Kier molecular flexibility index (Phi) is 26.7. The van der Waals surface area contributed by atoms with Crippen molar-refractivity contribution in [3.05, 3.63) is 225 Å². The van der Waals surface area contributed by atoms with Gasteiger partial charge in [-0.05, 0) is 210 Å². The van der Waals surface area contributed by atoms with Crippen molar-refractivity contribution in [1.29, 1.82) is 0 Å². The maximum Gasteiger partial charge on any atom is 0.410 e. The average molecular weight is 1610 g/mol. The molecule has 6 saturated heterocycles. The van der Waals surface area contributed by atoms with Crippen LogP contribution in [0.5, 0.6) is 0 Å². The quantitative estimate of drug-likeness (QED) is 0.0247. The first-order chi connectivity index (χ1) is 57.2. The van der Waals surface area contributed by atoms with E-state index in [-0.39, 0.29) is 73.5 Å². The lowest BCUT2D eigenvalue weighted by molar-refractivity contribution is 0.0204. The van der Waals surface area contributed by atoms with Gasteiger partial charge in [0.1, 0.15) is 23.5 Å². The number of carbonyl (C=O) groups is 6. The van der Waals surface area contributed by atoms with Gasteiger partial charge in [-0.15, -0.1) is 0 Å². The number of pyridine rings is 2. The summed E-state index contributed by atoms with van der Waals surface area (Å²) in [5, 5.41) is 37.2. The molecule has 8 N–H and O–H groups in total. The molecule has 5 amide bonds. The molecule has 4 atom stereocenters. The number of hydrogen-bond acceptors (Lipinski definition) is 18. The van der Waals surface area contributed by atoms with Gasteiger partial charge in [0.2, 0.25) is 0 Å². The van der Waals surface area contributed by atoms with Gasteiger partial charge in [-0.2, -0.15) is 10.2 Å². The van der Waals surface area contributed by atoms with Crippen LogP contribution < -0.4 is 42.5 Å². The number of piperazine rings is 2. The number of ether oxygens (including phenoxy) is 3. The average Bonchev–Trinajstić information content (AvgIpc) is 1.62. The predicted molar refractivity (Wildman–Crippen MR) is 450 cm³/mol. The number of nitrogens with zero attached hydrogens (tertiary/aromatic N) is 8. The zero-order chi connectivity index (χ0) is 82.6. The minimum atomic E-state index is -0.456. The maximum atomic E-state index is 14.9. The van der Waals surface area contributed by atoms with E-state index >= 15 is 0 Å². The molecule has 0 radical (unpaired) electrons. The fourth-order valence-corrected chi connectivity index (χ4v) is 16.6. The van der Waals surface area contributed by atoms with Gasteiger partial charge in [0, 0.05) is 185 Å². The Hall–Kier alpha value is -11.4. The van der Waals surface area contributed by atoms with E-state index in [4.69, 9.17) is 24.2 Å². The van der Waals surface area contributed by atoms with Crippen molar-refractivity contribution in [1.82, 2.24) is 71.2 Å². The molecular weight excluding hydrogens is 1500 g/mol. The summed E-state index contributed by atoms with van der Waals surface area (Å²) in [6.07, 6.45) is 11.4. The number of likely N-dealkylation sites (tertiary alicyclic amines) is 2. The Balaban J connectivity index is 0.000000167. The molecule has 4 bridgehead atoms. The van der Waals surface area contributed by atoms with Crippen molar-refractivity contribution in [3.8, 4) is 22.3 Å². The molecule has 118 heavy (non-hydrogen) atoms. The summed E-state index contributed by atoms with van der Waals surface area (Å²) in [5.74, 6) is -2.20. The molecule has 4 aromatic heterocycles. The van der Waals surface area contributed by atoms with Crippen molar-refractivity contribution in [2.45, 2.75) is 187 Å². The fraction of sp³-hybridized carbons (Fsp3) is 0.407. The second kappa shape index (κ2) is 37.9. The number of rotatable bonds is 25. The van der Waals surface area contributed by atoms with Crippen LogP contribution in [0, 0.1) is 11.6 Å². The highest BCUT2D eigenvalue weighted by molar-refractivity contribution is 6.01. The molecule has 10 heterocycles. The summed E-state index contributed by atoms with van der Waals surface area (Å²) in [7, 11) is 0.